The van der Waals surface area contributed by atoms with Crippen LogP contribution < -0.4 is 5.32 Å². The molecule has 0 aromatic heterocycles. The first-order chi connectivity index (χ1) is 6.93. The van der Waals surface area contributed by atoms with Gasteiger partial charge in [-0.05, 0) is 6.92 Å². The molecule has 1 amide bonds. The molecule has 0 saturated heterocycles. The molecule has 0 aromatic rings. The highest BCUT2D eigenvalue weighted by Crippen LogP contribution is 2.05. The second kappa shape index (κ2) is 6.85. The van der Waals surface area contributed by atoms with Crippen molar-refractivity contribution in [1.29, 1.82) is 0 Å². The highest BCUT2D eigenvalue weighted by molar-refractivity contribution is 7.80. The number of ketones is 1. The Bertz CT molecular complexity index is 233. The summed E-state index contributed by atoms with van der Waals surface area (Å²) in [5, 5.41) is 11.9. The topological polar surface area (TPSA) is 66.4 Å². The van der Waals surface area contributed by atoms with Crippen molar-refractivity contribution in [3.05, 3.63) is 0 Å². The summed E-state index contributed by atoms with van der Waals surface area (Å²) in [7, 11) is 0. The first-order valence-electron chi connectivity index (χ1n) is 5.06. The van der Waals surface area contributed by atoms with Gasteiger partial charge in [0.1, 0.15) is 0 Å². The molecule has 3 atom stereocenters. The highest BCUT2D eigenvalue weighted by Gasteiger charge is 2.23. The van der Waals surface area contributed by atoms with Crippen molar-refractivity contribution in [3.8, 4) is 0 Å². The second-order valence-electron chi connectivity index (χ2n) is 3.59. The van der Waals surface area contributed by atoms with E-state index in [9.17, 15) is 14.7 Å². The number of rotatable bonds is 6. The van der Waals surface area contributed by atoms with Gasteiger partial charge in [-0.3, -0.25) is 9.59 Å². The molecule has 5 heteroatoms. The number of hydrogen-bond donors (Lipinski definition) is 3. The third-order valence-electron chi connectivity index (χ3n) is 2.37. The number of carbonyl (C=O) groups is 2. The molecule has 2 N–H and O–H groups in total. The molecule has 2 unspecified atom stereocenters. The lowest BCUT2D eigenvalue weighted by Crippen LogP contribution is -2.44. The summed E-state index contributed by atoms with van der Waals surface area (Å²) < 4.78 is 0. The zero-order valence-corrected chi connectivity index (χ0v) is 10.3. The van der Waals surface area contributed by atoms with E-state index in [1.54, 1.807) is 20.8 Å². The summed E-state index contributed by atoms with van der Waals surface area (Å²) in [6, 6.07) is -0.489. The number of amides is 1. The van der Waals surface area contributed by atoms with Gasteiger partial charge in [0.2, 0.25) is 5.91 Å². The van der Waals surface area contributed by atoms with Crippen molar-refractivity contribution in [2.24, 2.45) is 5.92 Å². The molecule has 0 heterocycles. The number of Topliss-reactive ketones (excluding diaryl/α,β-unsaturated/α-hetero) is 1. The molecule has 0 saturated carbocycles. The van der Waals surface area contributed by atoms with Crippen LogP contribution in [-0.4, -0.2) is 34.7 Å². The zero-order chi connectivity index (χ0) is 12.0. The van der Waals surface area contributed by atoms with Gasteiger partial charge < -0.3 is 10.4 Å². The number of thiol groups is 1. The third-order valence-corrected chi connectivity index (χ3v) is 2.74. The zero-order valence-electron chi connectivity index (χ0n) is 9.36. The normalized spacial score (nSPS) is 16.6. The van der Waals surface area contributed by atoms with E-state index in [1.807, 2.05) is 0 Å². The van der Waals surface area contributed by atoms with Gasteiger partial charge >= 0.3 is 0 Å². The van der Waals surface area contributed by atoms with E-state index >= 15 is 0 Å². The number of hydrogen-bond acceptors (Lipinski definition) is 4. The van der Waals surface area contributed by atoms with Gasteiger partial charge in [0.25, 0.3) is 0 Å². The van der Waals surface area contributed by atoms with E-state index in [0.29, 0.717) is 6.42 Å². The van der Waals surface area contributed by atoms with Gasteiger partial charge in [0, 0.05) is 12.2 Å². The molecule has 0 radical (unpaired) electrons. The van der Waals surface area contributed by atoms with E-state index in [0.717, 1.165) is 0 Å². The largest absolute Gasteiger partial charge is 0.391 e. The van der Waals surface area contributed by atoms with Gasteiger partial charge in [-0.15, -0.1) is 0 Å². The molecule has 15 heavy (non-hydrogen) atoms. The Hall–Kier alpha value is -0.550. The maximum absolute atomic E-state index is 11.5. The molecule has 0 aromatic carbocycles. The fourth-order valence-corrected chi connectivity index (χ4v) is 1.38. The Kier molecular flexibility index (Phi) is 6.60. The van der Waals surface area contributed by atoms with Crippen molar-refractivity contribution < 1.29 is 14.7 Å². The van der Waals surface area contributed by atoms with Crippen LogP contribution in [0.25, 0.3) is 0 Å². The Balaban J connectivity index is 4.18. The lowest BCUT2D eigenvalue weighted by atomic mass is 10.0. The first-order valence-corrected chi connectivity index (χ1v) is 5.69. The lowest BCUT2D eigenvalue weighted by molar-refractivity contribution is -0.131. The van der Waals surface area contributed by atoms with Crippen LogP contribution in [0, 0.1) is 5.92 Å². The molecule has 0 rings (SSSR count). The summed E-state index contributed by atoms with van der Waals surface area (Å²) in [4.78, 5) is 22.7. The maximum Gasteiger partial charge on any atom is 0.226 e. The SMILES string of the molecule is CCC(=O)[C@@H](C)NC(=O)C(C)C(O)CS. The van der Waals surface area contributed by atoms with Gasteiger partial charge in [0.05, 0.1) is 18.1 Å². The Morgan fingerprint density at radius 1 is 1.40 bits per heavy atom. The second-order valence-corrected chi connectivity index (χ2v) is 3.95. The Labute approximate surface area is 95.8 Å². The van der Waals surface area contributed by atoms with Gasteiger partial charge in [-0.1, -0.05) is 13.8 Å². The summed E-state index contributed by atoms with van der Waals surface area (Å²) in [5.74, 6) is -0.651. The maximum atomic E-state index is 11.5. The van der Waals surface area contributed by atoms with Crippen molar-refractivity contribution in [1.82, 2.24) is 5.32 Å². The summed E-state index contributed by atoms with van der Waals surface area (Å²) in [6.45, 7) is 5.00. The first kappa shape index (κ1) is 14.5. The number of carbonyl (C=O) groups excluding carboxylic acids is 2. The Morgan fingerprint density at radius 3 is 2.33 bits per heavy atom. The predicted molar refractivity (Wildman–Crippen MR) is 61.9 cm³/mol. The van der Waals surface area contributed by atoms with Gasteiger partial charge in [0.15, 0.2) is 5.78 Å². The number of aliphatic hydroxyl groups is 1. The predicted octanol–water partition coefficient (Wildman–Crippen LogP) is 0.397. The monoisotopic (exact) mass is 233 g/mol. The molecule has 0 aliphatic heterocycles. The van der Waals surface area contributed by atoms with E-state index in [-0.39, 0.29) is 17.4 Å². The molecular weight excluding hydrogens is 214 g/mol. The lowest BCUT2D eigenvalue weighted by Gasteiger charge is -2.19. The van der Waals surface area contributed by atoms with Crippen LogP contribution in [0.1, 0.15) is 27.2 Å². The number of aliphatic hydroxyl groups excluding tert-OH is 1. The molecule has 0 spiro atoms. The van der Waals surface area contributed by atoms with Crippen molar-refractivity contribution >= 4 is 24.3 Å². The van der Waals surface area contributed by atoms with Crippen LogP contribution in [0.15, 0.2) is 0 Å². The molecular formula is C10H19NO3S. The smallest absolute Gasteiger partial charge is 0.226 e. The van der Waals surface area contributed by atoms with E-state index < -0.39 is 18.1 Å². The van der Waals surface area contributed by atoms with Crippen molar-refractivity contribution in [2.45, 2.75) is 39.3 Å². The fourth-order valence-electron chi connectivity index (χ4n) is 1.06. The number of nitrogens with one attached hydrogen (secondary N) is 1. The van der Waals surface area contributed by atoms with Crippen LogP contribution in [0.4, 0.5) is 0 Å². The highest BCUT2D eigenvalue weighted by atomic mass is 32.1. The average molecular weight is 233 g/mol. The minimum absolute atomic E-state index is 0.0177. The molecule has 88 valence electrons. The average Bonchev–Trinajstić information content (AvgIpc) is 2.25. The summed E-state index contributed by atoms with van der Waals surface area (Å²) in [6.07, 6.45) is -0.387. The Morgan fingerprint density at radius 2 is 1.93 bits per heavy atom. The molecule has 0 bridgehead atoms. The van der Waals surface area contributed by atoms with Crippen molar-refractivity contribution in [2.75, 3.05) is 5.75 Å². The van der Waals surface area contributed by atoms with Crippen LogP contribution in [-0.2, 0) is 9.59 Å². The molecule has 0 fully saturated rings. The standard InChI is InChI=1S/C10H19NO3S/c1-4-8(12)7(3)11-10(14)6(2)9(13)5-15/h6-7,9,13,15H,4-5H2,1-3H3,(H,11,14)/t6?,7-,9?/m1/s1. The van der Waals surface area contributed by atoms with E-state index in [4.69, 9.17) is 0 Å². The van der Waals surface area contributed by atoms with Gasteiger partial charge in [-0.25, -0.2) is 0 Å². The minimum Gasteiger partial charge on any atom is -0.391 e. The van der Waals surface area contributed by atoms with Crippen LogP contribution in [0.5, 0.6) is 0 Å². The summed E-state index contributed by atoms with van der Waals surface area (Å²) in [5.41, 5.74) is 0. The molecule has 0 aliphatic rings. The quantitative estimate of drug-likeness (QED) is 0.582. The van der Waals surface area contributed by atoms with E-state index in [2.05, 4.69) is 17.9 Å². The van der Waals surface area contributed by atoms with Gasteiger partial charge in [-0.2, -0.15) is 12.6 Å². The minimum atomic E-state index is -0.780. The summed E-state index contributed by atoms with van der Waals surface area (Å²) >= 11 is 3.90. The molecule has 0 aliphatic carbocycles. The van der Waals surface area contributed by atoms with Crippen LogP contribution >= 0.6 is 12.6 Å². The van der Waals surface area contributed by atoms with E-state index in [1.165, 1.54) is 0 Å². The molecule has 4 nitrogen and oxygen atoms in total. The third kappa shape index (κ3) is 4.66. The van der Waals surface area contributed by atoms with Crippen LogP contribution in [0.3, 0.4) is 0 Å². The van der Waals surface area contributed by atoms with Crippen molar-refractivity contribution in [3.63, 3.8) is 0 Å². The fraction of sp³-hybridized carbons (Fsp3) is 0.800. The van der Waals surface area contributed by atoms with Crippen LogP contribution in [0.2, 0.25) is 0 Å².